The fourth-order valence-electron chi connectivity index (χ4n) is 3.06. The monoisotopic (exact) mass is 353 g/mol. The molecule has 2 aliphatic rings. The largest absolute Gasteiger partial charge is 0.334 e. The van der Waals surface area contributed by atoms with Gasteiger partial charge in [-0.1, -0.05) is 24.3 Å². The second-order valence-corrected chi connectivity index (χ2v) is 7.78. The third-order valence-corrected chi connectivity index (χ3v) is 6.00. The lowest BCUT2D eigenvalue weighted by atomic mass is 10.1. The molecule has 24 heavy (non-hydrogen) atoms. The van der Waals surface area contributed by atoms with E-state index in [-0.39, 0.29) is 12.1 Å². The minimum absolute atomic E-state index is 0.154. The van der Waals surface area contributed by atoms with Crippen molar-refractivity contribution in [1.82, 2.24) is 24.6 Å². The highest BCUT2D eigenvalue weighted by Gasteiger charge is 2.41. The van der Waals surface area contributed by atoms with Gasteiger partial charge in [0.2, 0.25) is 0 Å². The SMILES string of the molecule is CNCc1ccc(CNC(=O)N2CCN3C(CNS3(=O)=O)C2)cc1. The van der Waals surface area contributed by atoms with Gasteiger partial charge < -0.3 is 15.5 Å². The standard InChI is InChI=1S/C15H23N5O3S/c1-16-8-12-2-4-13(5-3-12)9-17-15(21)19-6-7-20-14(11-19)10-18-24(20,22)23/h2-5,14,16,18H,6-11H2,1H3,(H,17,21). The van der Waals surface area contributed by atoms with Crippen LogP contribution in [-0.2, 0) is 23.3 Å². The van der Waals surface area contributed by atoms with Gasteiger partial charge in [-0.15, -0.1) is 0 Å². The van der Waals surface area contributed by atoms with Crippen LogP contribution in [0.5, 0.6) is 0 Å². The van der Waals surface area contributed by atoms with E-state index in [0.717, 1.165) is 12.1 Å². The summed E-state index contributed by atoms with van der Waals surface area (Å²) in [5, 5.41) is 6.00. The number of hydrogen-bond acceptors (Lipinski definition) is 4. The summed E-state index contributed by atoms with van der Waals surface area (Å²) < 4.78 is 27.4. The predicted octanol–water partition coefficient (Wildman–Crippen LogP) is -0.550. The highest BCUT2D eigenvalue weighted by atomic mass is 32.2. The summed E-state index contributed by atoms with van der Waals surface area (Å²) in [6.45, 7) is 2.80. The molecule has 1 atom stereocenters. The van der Waals surface area contributed by atoms with Crippen LogP contribution in [0.1, 0.15) is 11.1 Å². The third-order valence-electron chi connectivity index (χ3n) is 4.37. The molecule has 0 bridgehead atoms. The molecule has 1 aromatic rings. The Bertz CT molecular complexity index is 692. The lowest BCUT2D eigenvalue weighted by Crippen LogP contribution is -2.55. The topological polar surface area (TPSA) is 93.8 Å². The number of hydrogen-bond donors (Lipinski definition) is 3. The summed E-state index contributed by atoms with van der Waals surface area (Å²) in [5.74, 6) is 0. The number of carbonyl (C=O) groups is 1. The van der Waals surface area contributed by atoms with Gasteiger partial charge in [-0.05, 0) is 18.2 Å². The first kappa shape index (κ1) is 17.2. The Labute approximate surface area is 142 Å². The Morgan fingerprint density at radius 2 is 1.88 bits per heavy atom. The first-order valence-corrected chi connectivity index (χ1v) is 9.45. The van der Waals surface area contributed by atoms with Crippen LogP contribution < -0.4 is 15.4 Å². The van der Waals surface area contributed by atoms with Gasteiger partial charge in [0.05, 0.1) is 6.04 Å². The van der Waals surface area contributed by atoms with Crippen LogP contribution in [0.4, 0.5) is 4.79 Å². The maximum atomic E-state index is 12.3. The van der Waals surface area contributed by atoms with Crippen molar-refractivity contribution in [3.8, 4) is 0 Å². The summed E-state index contributed by atoms with van der Waals surface area (Å²) in [4.78, 5) is 14.0. The number of nitrogens with one attached hydrogen (secondary N) is 3. The zero-order valence-electron chi connectivity index (χ0n) is 13.7. The molecule has 1 aromatic carbocycles. The first-order valence-electron chi connectivity index (χ1n) is 8.01. The average Bonchev–Trinajstić information content (AvgIpc) is 2.89. The summed E-state index contributed by atoms with van der Waals surface area (Å²) in [7, 11) is -1.44. The highest BCUT2D eigenvalue weighted by molar-refractivity contribution is 7.87. The Morgan fingerprint density at radius 3 is 2.54 bits per heavy atom. The van der Waals surface area contributed by atoms with E-state index in [1.165, 1.54) is 9.87 Å². The summed E-state index contributed by atoms with van der Waals surface area (Å²) in [6.07, 6.45) is 0. The molecule has 3 rings (SSSR count). The zero-order chi connectivity index (χ0) is 17.2. The zero-order valence-corrected chi connectivity index (χ0v) is 14.5. The van der Waals surface area contributed by atoms with E-state index in [2.05, 4.69) is 15.4 Å². The first-order chi connectivity index (χ1) is 11.5. The van der Waals surface area contributed by atoms with Gasteiger partial charge in [0, 0.05) is 39.3 Å². The van der Waals surface area contributed by atoms with E-state index in [0.29, 0.717) is 32.7 Å². The summed E-state index contributed by atoms with van der Waals surface area (Å²) in [6, 6.07) is 7.74. The number of fused-ring (bicyclic) bond motifs is 1. The van der Waals surface area contributed by atoms with Gasteiger partial charge in [-0.3, -0.25) is 0 Å². The van der Waals surface area contributed by atoms with Gasteiger partial charge in [-0.25, -0.2) is 9.52 Å². The maximum Gasteiger partial charge on any atom is 0.317 e. The second kappa shape index (κ2) is 7.06. The van der Waals surface area contributed by atoms with Crippen molar-refractivity contribution in [2.45, 2.75) is 19.1 Å². The predicted molar refractivity (Wildman–Crippen MR) is 90.4 cm³/mol. The van der Waals surface area contributed by atoms with E-state index in [9.17, 15) is 13.2 Å². The van der Waals surface area contributed by atoms with Gasteiger partial charge in [-0.2, -0.15) is 12.7 Å². The fourth-order valence-corrected chi connectivity index (χ4v) is 4.48. The number of urea groups is 1. The van der Waals surface area contributed by atoms with E-state index >= 15 is 0 Å². The van der Waals surface area contributed by atoms with Crippen LogP contribution in [0.2, 0.25) is 0 Å². The molecule has 0 aromatic heterocycles. The van der Waals surface area contributed by atoms with Crippen molar-refractivity contribution in [3.05, 3.63) is 35.4 Å². The Balaban J connectivity index is 1.51. The summed E-state index contributed by atoms with van der Waals surface area (Å²) >= 11 is 0. The number of benzene rings is 1. The van der Waals surface area contributed by atoms with Crippen LogP contribution in [0, 0.1) is 0 Å². The highest BCUT2D eigenvalue weighted by Crippen LogP contribution is 2.18. The van der Waals surface area contributed by atoms with E-state index in [4.69, 9.17) is 0 Å². The lowest BCUT2D eigenvalue weighted by molar-refractivity contribution is 0.151. The van der Waals surface area contributed by atoms with E-state index in [1.54, 1.807) is 4.90 Å². The summed E-state index contributed by atoms with van der Waals surface area (Å²) in [5.41, 5.74) is 2.23. The molecule has 2 amide bonds. The number of nitrogens with zero attached hydrogens (tertiary/aromatic N) is 2. The number of carbonyl (C=O) groups excluding carboxylic acids is 1. The molecule has 2 saturated heterocycles. The Kier molecular flexibility index (Phi) is 5.04. The van der Waals surface area contributed by atoms with Crippen LogP contribution in [0.3, 0.4) is 0 Å². The van der Waals surface area contributed by atoms with E-state index in [1.807, 2.05) is 31.3 Å². The van der Waals surface area contributed by atoms with Crippen LogP contribution in [-0.4, -0.2) is 62.9 Å². The van der Waals surface area contributed by atoms with Gasteiger partial charge in [0.15, 0.2) is 0 Å². The Morgan fingerprint density at radius 1 is 1.21 bits per heavy atom. The molecular weight excluding hydrogens is 330 g/mol. The molecule has 3 N–H and O–H groups in total. The van der Waals surface area contributed by atoms with Crippen molar-refractivity contribution in [2.24, 2.45) is 0 Å². The average molecular weight is 353 g/mol. The molecular formula is C15H23N5O3S. The third kappa shape index (κ3) is 3.69. The van der Waals surface area contributed by atoms with E-state index < -0.39 is 10.2 Å². The van der Waals surface area contributed by atoms with Crippen molar-refractivity contribution in [2.75, 3.05) is 33.2 Å². The molecule has 1 unspecified atom stereocenters. The molecule has 0 saturated carbocycles. The van der Waals surface area contributed by atoms with Gasteiger partial charge in [0.1, 0.15) is 0 Å². The number of amides is 2. The van der Waals surface area contributed by atoms with Crippen molar-refractivity contribution < 1.29 is 13.2 Å². The van der Waals surface area contributed by atoms with Crippen LogP contribution in [0.15, 0.2) is 24.3 Å². The molecule has 8 nitrogen and oxygen atoms in total. The van der Waals surface area contributed by atoms with Crippen LogP contribution in [0.25, 0.3) is 0 Å². The number of rotatable bonds is 4. The molecule has 0 spiro atoms. The molecule has 2 aliphatic heterocycles. The van der Waals surface area contributed by atoms with Gasteiger partial charge in [0.25, 0.3) is 10.2 Å². The van der Waals surface area contributed by atoms with Crippen LogP contribution >= 0.6 is 0 Å². The fraction of sp³-hybridized carbons (Fsp3) is 0.533. The molecule has 9 heteroatoms. The molecule has 2 heterocycles. The second-order valence-electron chi connectivity index (χ2n) is 6.07. The minimum Gasteiger partial charge on any atom is -0.334 e. The van der Waals surface area contributed by atoms with Crippen molar-refractivity contribution in [1.29, 1.82) is 0 Å². The molecule has 2 fully saturated rings. The van der Waals surface area contributed by atoms with Gasteiger partial charge >= 0.3 is 6.03 Å². The molecule has 132 valence electrons. The van der Waals surface area contributed by atoms with Crippen molar-refractivity contribution in [3.63, 3.8) is 0 Å². The molecule has 0 aliphatic carbocycles. The molecule has 0 radical (unpaired) electrons. The minimum atomic E-state index is -3.34. The van der Waals surface area contributed by atoms with Crippen molar-refractivity contribution >= 4 is 16.2 Å². The maximum absolute atomic E-state index is 12.3. The quantitative estimate of drug-likeness (QED) is 0.677. The normalized spacial score (nSPS) is 23.0. The lowest BCUT2D eigenvalue weighted by Gasteiger charge is -2.35. The number of piperazine rings is 1. The Hall–Kier alpha value is -1.68. The smallest absolute Gasteiger partial charge is 0.317 e.